The lowest BCUT2D eigenvalue weighted by atomic mass is 10.1. The van der Waals surface area contributed by atoms with Gasteiger partial charge in [-0.15, -0.1) is 0 Å². The third-order valence-electron chi connectivity index (χ3n) is 3.61. The first-order valence-electron chi connectivity index (χ1n) is 6.84. The van der Waals surface area contributed by atoms with Crippen molar-refractivity contribution in [3.05, 3.63) is 36.0 Å². The van der Waals surface area contributed by atoms with Gasteiger partial charge in [-0.3, -0.25) is 9.48 Å². The van der Waals surface area contributed by atoms with Gasteiger partial charge >= 0.3 is 0 Å². The van der Waals surface area contributed by atoms with Crippen LogP contribution < -0.4 is 10.6 Å². The Morgan fingerprint density at radius 1 is 1.50 bits per heavy atom. The van der Waals surface area contributed by atoms with Crippen molar-refractivity contribution in [3.63, 3.8) is 0 Å². The van der Waals surface area contributed by atoms with Crippen molar-refractivity contribution in [2.75, 3.05) is 18.4 Å². The van der Waals surface area contributed by atoms with Crippen LogP contribution in [0.3, 0.4) is 0 Å². The summed E-state index contributed by atoms with van der Waals surface area (Å²) in [6.45, 7) is 3.87. The zero-order valence-corrected chi connectivity index (χ0v) is 11.4. The average Bonchev–Trinajstić information content (AvgIpc) is 3.09. The highest BCUT2D eigenvalue weighted by molar-refractivity contribution is 6.03. The van der Waals surface area contributed by atoms with Crippen molar-refractivity contribution in [2.45, 2.75) is 25.8 Å². The first kappa shape index (κ1) is 12.9. The SMILES string of the molecule is Cc1ccoc1C(=O)Nc1cnn(C2CCNCC2)c1. The minimum atomic E-state index is -0.239. The van der Waals surface area contributed by atoms with Gasteiger partial charge in [0.1, 0.15) is 0 Å². The smallest absolute Gasteiger partial charge is 0.291 e. The van der Waals surface area contributed by atoms with E-state index in [1.165, 1.54) is 6.26 Å². The second kappa shape index (κ2) is 5.50. The Labute approximate surface area is 117 Å². The van der Waals surface area contributed by atoms with Crippen LogP contribution in [0.25, 0.3) is 0 Å². The second-order valence-corrected chi connectivity index (χ2v) is 5.08. The zero-order chi connectivity index (χ0) is 13.9. The molecule has 20 heavy (non-hydrogen) atoms. The number of carbonyl (C=O) groups excluding carboxylic acids is 1. The third kappa shape index (κ3) is 2.60. The number of hydrogen-bond acceptors (Lipinski definition) is 4. The second-order valence-electron chi connectivity index (χ2n) is 5.08. The van der Waals surface area contributed by atoms with Gasteiger partial charge in [0.25, 0.3) is 5.91 Å². The molecule has 0 bridgehead atoms. The van der Waals surface area contributed by atoms with Gasteiger partial charge < -0.3 is 15.1 Å². The molecular weight excluding hydrogens is 256 g/mol. The molecule has 1 amide bonds. The molecule has 0 unspecified atom stereocenters. The van der Waals surface area contributed by atoms with E-state index in [4.69, 9.17) is 4.42 Å². The van der Waals surface area contributed by atoms with Gasteiger partial charge in [0.15, 0.2) is 5.76 Å². The van der Waals surface area contributed by atoms with Crippen molar-refractivity contribution in [1.82, 2.24) is 15.1 Å². The van der Waals surface area contributed by atoms with Crippen LogP contribution in [0.5, 0.6) is 0 Å². The highest BCUT2D eigenvalue weighted by Crippen LogP contribution is 2.20. The predicted molar refractivity (Wildman–Crippen MR) is 74.8 cm³/mol. The number of rotatable bonds is 3. The van der Waals surface area contributed by atoms with Crippen LogP contribution in [0, 0.1) is 6.92 Å². The number of carbonyl (C=O) groups is 1. The van der Waals surface area contributed by atoms with Crippen molar-refractivity contribution >= 4 is 11.6 Å². The molecule has 2 aromatic heterocycles. The quantitative estimate of drug-likeness (QED) is 0.897. The lowest BCUT2D eigenvalue weighted by Crippen LogP contribution is -2.29. The van der Waals surface area contributed by atoms with Gasteiger partial charge in [0, 0.05) is 11.8 Å². The minimum Gasteiger partial charge on any atom is -0.459 e. The van der Waals surface area contributed by atoms with E-state index in [0.717, 1.165) is 31.5 Å². The number of nitrogens with one attached hydrogen (secondary N) is 2. The fourth-order valence-corrected chi connectivity index (χ4v) is 2.47. The summed E-state index contributed by atoms with van der Waals surface area (Å²) in [5.74, 6) is 0.108. The van der Waals surface area contributed by atoms with Crippen LogP contribution in [-0.2, 0) is 0 Å². The molecule has 6 nitrogen and oxygen atoms in total. The number of amides is 1. The number of nitrogens with zero attached hydrogens (tertiary/aromatic N) is 2. The Hall–Kier alpha value is -2.08. The highest BCUT2D eigenvalue weighted by atomic mass is 16.3. The molecule has 6 heteroatoms. The highest BCUT2D eigenvalue weighted by Gasteiger charge is 2.17. The van der Waals surface area contributed by atoms with Crippen LogP contribution >= 0.6 is 0 Å². The zero-order valence-electron chi connectivity index (χ0n) is 11.4. The molecule has 3 rings (SSSR count). The molecule has 2 aromatic rings. The van der Waals surface area contributed by atoms with E-state index in [-0.39, 0.29) is 5.91 Å². The Morgan fingerprint density at radius 3 is 3.00 bits per heavy atom. The molecule has 0 radical (unpaired) electrons. The molecule has 2 N–H and O–H groups in total. The van der Waals surface area contributed by atoms with Gasteiger partial charge in [-0.25, -0.2) is 0 Å². The third-order valence-corrected chi connectivity index (χ3v) is 3.61. The van der Waals surface area contributed by atoms with Crippen LogP contribution in [-0.4, -0.2) is 28.8 Å². The molecule has 0 spiro atoms. The molecule has 1 saturated heterocycles. The number of aromatic nitrogens is 2. The van der Waals surface area contributed by atoms with Gasteiger partial charge in [-0.05, 0) is 38.9 Å². The first-order valence-corrected chi connectivity index (χ1v) is 6.84. The van der Waals surface area contributed by atoms with Crippen molar-refractivity contribution in [1.29, 1.82) is 0 Å². The maximum absolute atomic E-state index is 12.0. The molecule has 0 saturated carbocycles. The maximum Gasteiger partial charge on any atom is 0.291 e. The summed E-state index contributed by atoms with van der Waals surface area (Å²) in [5.41, 5.74) is 1.53. The number of hydrogen-bond donors (Lipinski definition) is 2. The van der Waals surface area contributed by atoms with E-state index < -0.39 is 0 Å². The molecule has 0 aliphatic carbocycles. The molecule has 0 aromatic carbocycles. The van der Waals surface area contributed by atoms with E-state index in [1.807, 2.05) is 17.8 Å². The van der Waals surface area contributed by atoms with Gasteiger partial charge in [0.2, 0.25) is 0 Å². The Morgan fingerprint density at radius 2 is 2.30 bits per heavy atom. The molecule has 1 aliphatic heterocycles. The van der Waals surface area contributed by atoms with Gasteiger partial charge in [0.05, 0.1) is 24.2 Å². The molecule has 3 heterocycles. The van der Waals surface area contributed by atoms with Crippen molar-refractivity contribution in [2.24, 2.45) is 0 Å². The molecular formula is C14H18N4O2. The standard InChI is InChI=1S/C14H18N4O2/c1-10-4-7-20-13(10)14(19)17-11-8-16-18(9-11)12-2-5-15-6-3-12/h4,7-9,12,15H,2-3,5-6H2,1H3,(H,17,19). The minimum absolute atomic E-state index is 0.239. The number of furan rings is 1. The average molecular weight is 274 g/mol. The molecule has 1 fully saturated rings. The summed E-state index contributed by atoms with van der Waals surface area (Å²) < 4.78 is 7.11. The fraction of sp³-hybridized carbons (Fsp3) is 0.429. The largest absolute Gasteiger partial charge is 0.459 e. The van der Waals surface area contributed by atoms with Crippen LogP contribution in [0.4, 0.5) is 5.69 Å². The Balaban J connectivity index is 1.68. The normalized spacial score (nSPS) is 16.2. The number of aryl methyl sites for hydroxylation is 1. The monoisotopic (exact) mass is 274 g/mol. The van der Waals surface area contributed by atoms with E-state index in [9.17, 15) is 4.79 Å². The first-order chi connectivity index (χ1) is 9.74. The summed E-state index contributed by atoms with van der Waals surface area (Å²) >= 11 is 0. The summed E-state index contributed by atoms with van der Waals surface area (Å²) in [6, 6.07) is 2.18. The Kier molecular flexibility index (Phi) is 3.56. The van der Waals surface area contributed by atoms with Crippen LogP contribution in [0.2, 0.25) is 0 Å². The van der Waals surface area contributed by atoms with E-state index in [0.29, 0.717) is 17.5 Å². The number of piperidine rings is 1. The van der Waals surface area contributed by atoms with E-state index in [1.54, 1.807) is 12.3 Å². The van der Waals surface area contributed by atoms with Crippen molar-refractivity contribution < 1.29 is 9.21 Å². The summed E-state index contributed by atoms with van der Waals surface area (Å²) in [6.07, 6.45) is 7.20. The van der Waals surface area contributed by atoms with Crippen molar-refractivity contribution in [3.8, 4) is 0 Å². The lowest BCUT2D eigenvalue weighted by molar-refractivity contribution is 0.0996. The number of anilines is 1. The summed E-state index contributed by atoms with van der Waals surface area (Å²) in [7, 11) is 0. The topological polar surface area (TPSA) is 72.1 Å². The molecule has 0 atom stereocenters. The lowest BCUT2D eigenvalue weighted by Gasteiger charge is -2.22. The van der Waals surface area contributed by atoms with Crippen LogP contribution in [0.1, 0.15) is 35.0 Å². The predicted octanol–water partition coefficient (Wildman–Crippen LogP) is 1.96. The van der Waals surface area contributed by atoms with Gasteiger partial charge in [-0.2, -0.15) is 5.10 Å². The van der Waals surface area contributed by atoms with Gasteiger partial charge in [-0.1, -0.05) is 0 Å². The van der Waals surface area contributed by atoms with Crippen LogP contribution in [0.15, 0.2) is 29.1 Å². The Bertz CT molecular complexity index is 596. The molecule has 1 aliphatic rings. The molecule has 106 valence electrons. The maximum atomic E-state index is 12.0. The van der Waals surface area contributed by atoms with E-state index in [2.05, 4.69) is 15.7 Å². The van der Waals surface area contributed by atoms with E-state index >= 15 is 0 Å². The summed E-state index contributed by atoms with van der Waals surface area (Å²) in [5, 5.41) is 10.5. The fourth-order valence-electron chi connectivity index (χ4n) is 2.47. The summed E-state index contributed by atoms with van der Waals surface area (Å²) in [4.78, 5) is 12.0.